The topological polar surface area (TPSA) is 52.7 Å². The first-order valence-corrected chi connectivity index (χ1v) is 9.42. The van der Waals surface area contributed by atoms with Crippen LogP contribution in [0.4, 0.5) is 5.69 Å². The summed E-state index contributed by atoms with van der Waals surface area (Å²) in [6, 6.07) is 17.9. The number of carbonyl (C=O) groups excluding carboxylic acids is 2. The van der Waals surface area contributed by atoms with Gasteiger partial charge in [-0.05, 0) is 42.6 Å². The van der Waals surface area contributed by atoms with Crippen LogP contribution in [0.3, 0.4) is 0 Å². The fourth-order valence-corrected chi connectivity index (χ4v) is 3.49. The van der Waals surface area contributed by atoms with Crippen LogP contribution in [0.25, 0.3) is 0 Å². The van der Waals surface area contributed by atoms with Crippen LogP contribution in [0.5, 0.6) is 0 Å². The van der Waals surface area contributed by atoms with Gasteiger partial charge in [-0.2, -0.15) is 0 Å². The Bertz CT molecular complexity index is 791. The van der Waals surface area contributed by atoms with Crippen LogP contribution < -0.4 is 5.32 Å². The lowest BCUT2D eigenvalue weighted by Crippen LogP contribution is -2.39. The van der Waals surface area contributed by atoms with Crippen LogP contribution in [0.15, 0.2) is 54.6 Å². The zero-order valence-corrected chi connectivity index (χ0v) is 16.0. The van der Waals surface area contributed by atoms with Crippen molar-refractivity contribution in [2.45, 2.75) is 38.9 Å². The first-order chi connectivity index (χ1) is 13.0. The van der Waals surface area contributed by atoms with Gasteiger partial charge in [0.1, 0.15) is 0 Å². The van der Waals surface area contributed by atoms with Crippen molar-refractivity contribution in [1.29, 1.82) is 0 Å². The minimum Gasteiger partial charge on any atom is -0.342 e. The summed E-state index contributed by atoms with van der Waals surface area (Å²) in [4.78, 5) is 28.2. The molecule has 0 aromatic heterocycles. The van der Waals surface area contributed by atoms with E-state index in [4.69, 9.17) is 0 Å². The predicted molar refractivity (Wildman–Crippen MR) is 107 cm³/mol. The standard InChI is InChI=1S/C22H27N3O2/c1-17(26)24(2)15-19-10-6-11-20(14-19)23-22(27)21-12-7-13-25(21)16-18-8-4-3-5-9-18/h3-6,8-11,14,21H,7,12-13,15-16H2,1-2H3,(H,23,27)/t21-/m0/s1. The molecule has 1 saturated heterocycles. The lowest BCUT2D eigenvalue weighted by molar-refractivity contribution is -0.128. The van der Waals surface area contributed by atoms with Gasteiger partial charge in [0.25, 0.3) is 0 Å². The van der Waals surface area contributed by atoms with E-state index in [1.54, 1.807) is 18.9 Å². The van der Waals surface area contributed by atoms with Crippen molar-refractivity contribution >= 4 is 17.5 Å². The van der Waals surface area contributed by atoms with Gasteiger partial charge in [0.15, 0.2) is 0 Å². The molecule has 1 atom stereocenters. The minimum atomic E-state index is -0.103. The highest BCUT2D eigenvalue weighted by Crippen LogP contribution is 2.22. The number of hydrogen-bond acceptors (Lipinski definition) is 3. The van der Waals surface area contributed by atoms with Gasteiger partial charge < -0.3 is 10.2 Å². The van der Waals surface area contributed by atoms with Crippen molar-refractivity contribution < 1.29 is 9.59 Å². The SMILES string of the molecule is CC(=O)N(C)Cc1cccc(NC(=O)[C@@H]2CCCN2Cc2ccccc2)c1. The second-order valence-electron chi connectivity index (χ2n) is 7.18. The van der Waals surface area contributed by atoms with E-state index in [2.05, 4.69) is 22.3 Å². The van der Waals surface area contributed by atoms with Gasteiger partial charge in [-0.1, -0.05) is 42.5 Å². The Labute approximate surface area is 161 Å². The summed E-state index contributed by atoms with van der Waals surface area (Å²) in [5, 5.41) is 3.06. The van der Waals surface area contributed by atoms with Crippen LogP contribution >= 0.6 is 0 Å². The highest BCUT2D eigenvalue weighted by molar-refractivity contribution is 5.95. The van der Waals surface area contributed by atoms with Crippen LogP contribution in [0, 0.1) is 0 Å². The van der Waals surface area contributed by atoms with Crippen LogP contribution in [-0.4, -0.2) is 41.2 Å². The van der Waals surface area contributed by atoms with E-state index in [-0.39, 0.29) is 17.9 Å². The summed E-state index contributed by atoms with van der Waals surface area (Å²) in [7, 11) is 1.77. The molecule has 1 N–H and O–H groups in total. The number of nitrogens with one attached hydrogen (secondary N) is 1. The molecular formula is C22H27N3O2. The Morgan fingerprint density at radius 3 is 2.59 bits per heavy atom. The molecule has 2 amide bonds. The van der Waals surface area contributed by atoms with Crippen molar-refractivity contribution in [2.24, 2.45) is 0 Å². The summed E-state index contributed by atoms with van der Waals surface area (Å²) in [5.41, 5.74) is 3.01. The van der Waals surface area contributed by atoms with Crippen LogP contribution in [0.2, 0.25) is 0 Å². The second kappa shape index (κ2) is 8.82. The summed E-state index contributed by atoms with van der Waals surface area (Å²) >= 11 is 0. The average molecular weight is 365 g/mol. The number of benzene rings is 2. The third-order valence-corrected chi connectivity index (χ3v) is 5.05. The van der Waals surface area contributed by atoms with Gasteiger partial charge in [0.05, 0.1) is 6.04 Å². The monoisotopic (exact) mass is 365 g/mol. The maximum absolute atomic E-state index is 12.8. The Morgan fingerprint density at radius 1 is 1.11 bits per heavy atom. The van der Waals surface area contributed by atoms with Crippen molar-refractivity contribution in [2.75, 3.05) is 18.9 Å². The number of hydrogen-bond donors (Lipinski definition) is 1. The summed E-state index contributed by atoms with van der Waals surface area (Å²) in [6.45, 7) is 3.81. The maximum Gasteiger partial charge on any atom is 0.241 e. The maximum atomic E-state index is 12.8. The second-order valence-corrected chi connectivity index (χ2v) is 7.18. The van der Waals surface area contributed by atoms with E-state index < -0.39 is 0 Å². The molecule has 0 aliphatic carbocycles. The summed E-state index contributed by atoms with van der Waals surface area (Å²) < 4.78 is 0. The van der Waals surface area contributed by atoms with E-state index in [0.717, 1.165) is 37.2 Å². The predicted octanol–water partition coefficient (Wildman–Crippen LogP) is 3.27. The van der Waals surface area contributed by atoms with Crippen molar-refractivity contribution in [1.82, 2.24) is 9.80 Å². The fraction of sp³-hybridized carbons (Fsp3) is 0.364. The summed E-state index contributed by atoms with van der Waals surface area (Å²) in [6.07, 6.45) is 1.92. The molecule has 3 rings (SSSR count). The molecular weight excluding hydrogens is 338 g/mol. The Balaban J connectivity index is 1.63. The molecule has 1 aliphatic rings. The number of amides is 2. The van der Waals surface area contributed by atoms with Gasteiger partial charge in [-0.25, -0.2) is 0 Å². The van der Waals surface area contributed by atoms with Crippen molar-refractivity contribution in [3.05, 3.63) is 65.7 Å². The lowest BCUT2D eigenvalue weighted by atomic mass is 10.1. The molecule has 0 radical (unpaired) electrons. The first-order valence-electron chi connectivity index (χ1n) is 9.42. The normalized spacial score (nSPS) is 16.9. The largest absolute Gasteiger partial charge is 0.342 e. The third-order valence-electron chi connectivity index (χ3n) is 5.05. The highest BCUT2D eigenvalue weighted by atomic mass is 16.2. The Kier molecular flexibility index (Phi) is 6.24. The molecule has 0 saturated carbocycles. The van der Waals surface area contributed by atoms with Gasteiger partial charge in [-0.3, -0.25) is 14.5 Å². The molecule has 1 fully saturated rings. The molecule has 1 aliphatic heterocycles. The zero-order valence-electron chi connectivity index (χ0n) is 16.0. The number of anilines is 1. The van der Waals surface area contributed by atoms with Gasteiger partial charge in [0.2, 0.25) is 11.8 Å². The molecule has 0 spiro atoms. The molecule has 5 heteroatoms. The number of rotatable bonds is 6. The van der Waals surface area contributed by atoms with E-state index in [1.807, 2.05) is 42.5 Å². The quantitative estimate of drug-likeness (QED) is 0.855. The molecule has 0 bridgehead atoms. The van der Waals surface area contributed by atoms with E-state index in [0.29, 0.717) is 6.54 Å². The number of carbonyl (C=O) groups is 2. The fourth-order valence-electron chi connectivity index (χ4n) is 3.49. The highest BCUT2D eigenvalue weighted by Gasteiger charge is 2.30. The molecule has 2 aromatic rings. The van der Waals surface area contributed by atoms with Crippen molar-refractivity contribution in [3.63, 3.8) is 0 Å². The molecule has 1 heterocycles. The van der Waals surface area contributed by atoms with Gasteiger partial charge in [-0.15, -0.1) is 0 Å². The van der Waals surface area contributed by atoms with E-state index in [9.17, 15) is 9.59 Å². The smallest absolute Gasteiger partial charge is 0.241 e. The molecule has 2 aromatic carbocycles. The Morgan fingerprint density at radius 2 is 1.85 bits per heavy atom. The Hall–Kier alpha value is -2.66. The number of likely N-dealkylation sites (tertiary alicyclic amines) is 1. The van der Waals surface area contributed by atoms with Gasteiger partial charge >= 0.3 is 0 Å². The molecule has 5 nitrogen and oxygen atoms in total. The van der Waals surface area contributed by atoms with Crippen molar-refractivity contribution in [3.8, 4) is 0 Å². The zero-order chi connectivity index (χ0) is 19.2. The van der Waals surface area contributed by atoms with Crippen LogP contribution in [-0.2, 0) is 22.7 Å². The summed E-state index contributed by atoms with van der Waals surface area (Å²) in [5.74, 6) is 0.0625. The van der Waals surface area contributed by atoms with Gasteiger partial charge in [0, 0.05) is 32.7 Å². The molecule has 0 unspecified atom stereocenters. The number of nitrogens with zero attached hydrogens (tertiary/aromatic N) is 2. The van der Waals surface area contributed by atoms with Crippen LogP contribution in [0.1, 0.15) is 30.9 Å². The molecule has 142 valence electrons. The first kappa shape index (κ1) is 19.1. The lowest BCUT2D eigenvalue weighted by Gasteiger charge is -2.24. The van der Waals surface area contributed by atoms with E-state index in [1.165, 1.54) is 5.56 Å². The minimum absolute atomic E-state index is 0.0203. The van der Waals surface area contributed by atoms with E-state index >= 15 is 0 Å². The molecule has 27 heavy (non-hydrogen) atoms. The third kappa shape index (κ3) is 5.17. The average Bonchev–Trinajstić information content (AvgIpc) is 3.11.